The number of hydrogen-bond donors (Lipinski definition) is 1. The minimum Gasteiger partial charge on any atom is -0.310 e. The van der Waals surface area contributed by atoms with Crippen molar-refractivity contribution in [3.05, 3.63) is 42.1 Å². The van der Waals surface area contributed by atoms with Crippen LogP contribution in [0.2, 0.25) is 0 Å². The molecule has 108 valence electrons. The van der Waals surface area contributed by atoms with Gasteiger partial charge in [-0.2, -0.15) is 5.10 Å². The van der Waals surface area contributed by atoms with E-state index in [1.807, 2.05) is 6.20 Å². The van der Waals surface area contributed by atoms with Crippen LogP contribution in [0, 0.1) is 0 Å². The summed E-state index contributed by atoms with van der Waals surface area (Å²) in [6, 6.07) is 11.4. The molecule has 0 spiro atoms. The molecule has 1 heterocycles. The van der Waals surface area contributed by atoms with Gasteiger partial charge < -0.3 is 5.32 Å². The molecule has 0 fully saturated rings. The predicted octanol–water partition coefficient (Wildman–Crippen LogP) is 4.02. The number of nitrogens with one attached hydrogen (secondary N) is 1. The monoisotopic (exact) mass is 271 g/mol. The largest absolute Gasteiger partial charge is 0.310 e. The lowest BCUT2D eigenvalue weighted by Gasteiger charge is -2.16. The first-order valence-corrected chi connectivity index (χ1v) is 7.48. The Hall–Kier alpha value is -1.61. The first-order chi connectivity index (χ1) is 9.63. The van der Waals surface area contributed by atoms with Gasteiger partial charge in [0.1, 0.15) is 0 Å². The summed E-state index contributed by atoms with van der Waals surface area (Å²) in [4.78, 5) is 0. The van der Waals surface area contributed by atoms with E-state index in [9.17, 15) is 0 Å². The fourth-order valence-corrected chi connectivity index (χ4v) is 2.26. The maximum absolute atomic E-state index is 4.62. The lowest BCUT2D eigenvalue weighted by Crippen LogP contribution is -2.22. The van der Waals surface area contributed by atoms with Crippen LogP contribution in [0.4, 0.5) is 0 Å². The third-order valence-corrected chi connectivity index (χ3v) is 3.63. The quantitative estimate of drug-likeness (QED) is 0.860. The fourth-order valence-electron chi connectivity index (χ4n) is 2.26. The van der Waals surface area contributed by atoms with Crippen molar-refractivity contribution >= 4 is 0 Å². The first kappa shape index (κ1) is 14.8. The maximum Gasteiger partial charge on any atom is 0.0730 e. The average molecular weight is 271 g/mol. The lowest BCUT2D eigenvalue weighted by atomic mass is 10.1. The summed E-state index contributed by atoms with van der Waals surface area (Å²) in [5.41, 5.74) is 3.75. The molecule has 2 rings (SSSR count). The van der Waals surface area contributed by atoms with Gasteiger partial charge in [0, 0.05) is 29.8 Å². The molecule has 0 aliphatic rings. The van der Waals surface area contributed by atoms with Gasteiger partial charge in [0.25, 0.3) is 0 Å². The van der Waals surface area contributed by atoms with E-state index >= 15 is 0 Å². The highest BCUT2D eigenvalue weighted by Gasteiger charge is 2.16. The standard InChI is InChI=1S/C17H25N3/c1-5-14(4)20-17(15-9-7-6-8-10-15)16(12-19-20)11-18-13(2)3/h6-10,12-14,18H,5,11H2,1-4H3. The SMILES string of the molecule is CCC(C)n1ncc(CNC(C)C)c1-c1ccccc1. The minimum absolute atomic E-state index is 0.415. The van der Waals surface area contributed by atoms with Crippen molar-refractivity contribution in [2.24, 2.45) is 0 Å². The molecule has 1 aromatic carbocycles. The Kier molecular flexibility index (Phi) is 4.96. The van der Waals surface area contributed by atoms with Crippen molar-refractivity contribution in [1.82, 2.24) is 15.1 Å². The predicted molar refractivity (Wildman–Crippen MR) is 84.6 cm³/mol. The van der Waals surface area contributed by atoms with Gasteiger partial charge in [0.2, 0.25) is 0 Å². The van der Waals surface area contributed by atoms with Crippen molar-refractivity contribution in [3.8, 4) is 11.3 Å². The van der Waals surface area contributed by atoms with Gasteiger partial charge in [-0.25, -0.2) is 0 Å². The summed E-state index contributed by atoms with van der Waals surface area (Å²) in [6.45, 7) is 9.62. The zero-order valence-corrected chi connectivity index (χ0v) is 12.9. The van der Waals surface area contributed by atoms with Crippen molar-refractivity contribution in [1.29, 1.82) is 0 Å². The second-order valence-corrected chi connectivity index (χ2v) is 5.62. The molecule has 0 aliphatic heterocycles. The van der Waals surface area contributed by atoms with Crippen LogP contribution in [-0.2, 0) is 6.54 Å². The van der Waals surface area contributed by atoms with Crippen LogP contribution in [-0.4, -0.2) is 15.8 Å². The smallest absolute Gasteiger partial charge is 0.0730 e. The number of benzene rings is 1. The summed E-state index contributed by atoms with van der Waals surface area (Å²) in [5.74, 6) is 0. The molecule has 2 aromatic rings. The van der Waals surface area contributed by atoms with Crippen LogP contribution in [0.5, 0.6) is 0 Å². The summed E-state index contributed by atoms with van der Waals surface area (Å²) in [5, 5.41) is 8.11. The number of nitrogens with zero attached hydrogens (tertiary/aromatic N) is 2. The van der Waals surface area contributed by atoms with E-state index in [1.54, 1.807) is 0 Å². The van der Waals surface area contributed by atoms with Crippen LogP contribution in [0.15, 0.2) is 36.5 Å². The summed E-state index contributed by atoms with van der Waals surface area (Å²) in [6.07, 6.45) is 3.09. The topological polar surface area (TPSA) is 29.9 Å². The Morgan fingerprint density at radius 1 is 1.15 bits per heavy atom. The Morgan fingerprint density at radius 3 is 2.45 bits per heavy atom. The molecule has 0 bridgehead atoms. The third-order valence-electron chi connectivity index (χ3n) is 3.63. The van der Waals surface area contributed by atoms with Crippen molar-refractivity contribution in [2.75, 3.05) is 0 Å². The van der Waals surface area contributed by atoms with Gasteiger partial charge in [-0.15, -0.1) is 0 Å². The van der Waals surface area contributed by atoms with Crippen LogP contribution in [0.1, 0.15) is 45.7 Å². The molecule has 0 aliphatic carbocycles. The van der Waals surface area contributed by atoms with E-state index in [0.717, 1.165) is 13.0 Å². The highest BCUT2D eigenvalue weighted by Crippen LogP contribution is 2.27. The van der Waals surface area contributed by atoms with E-state index in [2.05, 4.69) is 73.1 Å². The lowest BCUT2D eigenvalue weighted by molar-refractivity contribution is 0.482. The molecule has 0 saturated heterocycles. The number of hydrogen-bond acceptors (Lipinski definition) is 2. The molecule has 1 atom stereocenters. The summed E-state index contributed by atoms with van der Waals surface area (Å²) in [7, 11) is 0. The van der Waals surface area contributed by atoms with E-state index in [0.29, 0.717) is 12.1 Å². The Balaban J connectivity index is 2.40. The molecule has 3 nitrogen and oxygen atoms in total. The molecular weight excluding hydrogens is 246 g/mol. The summed E-state index contributed by atoms with van der Waals surface area (Å²) < 4.78 is 2.16. The van der Waals surface area contributed by atoms with Crippen LogP contribution >= 0.6 is 0 Å². The number of rotatable bonds is 6. The second kappa shape index (κ2) is 6.71. The summed E-state index contributed by atoms with van der Waals surface area (Å²) >= 11 is 0. The first-order valence-electron chi connectivity index (χ1n) is 7.48. The molecule has 1 aromatic heterocycles. The van der Waals surface area contributed by atoms with E-state index in [4.69, 9.17) is 0 Å². The number of aromatic nitrogens is 2. The molecule has 1 unspecified atom stereocenters. The van der Waals surface area contributed by atoms with Gasteiger partial charge in [-0.1, -0.05) is 51.1 Å². The van der Waals surface area contributed by atoms with E-state index in [1.165, 1.54) is 16.8 Å². The molecule has 0 radical (unpaired) electrons. The molecule has 0 amide bonds. The highest BCUT2D eigenvalue weighted by molar-refractivity contribution is 5.63. The molecule has 3 heteroatoms. The molecule has 0 saturated carbocycles. The Morgan fingerprint density at radius 2 is 1.85 bits per heavy atom. The van der Waals surface area contributed by atoms with Gasteiger partial charge in [0.15, 0.2) is 0 Å². The van der Waals surface area contributed by atoms with E-state index < -0.39 is 0 Å². The van der Waals surface area contributed by atoms with Crippen molar-refractivity contribution in [2.45, 2.75) is 52.7 Å². The van der Waals surface area contributed by atoms with E-state index in [-0.39, 0.29) is 0 Å². The average Bonchev–Trinajstić information content (AvgIpc) is 2.89. The third kappa shape index (κ3) is 3.28. The van der Waals surface area contributed by atoms with Crippen LogP contribution < -0.4 is 5.32 Å². The normalized spacial score (nSPS) is 12.8. The van der Waals surface area contributed by atoms with Crippen molar-refractivity contribution < 1.29 is 0 Å². The molecular formula is C17H25N3. The Bertz CT molecular complexity index is 528. The van der Waals surface area contributed by atoms with Gasteiger partial charge >= 0.3 is 0 Å². The van der Waals surface area contributed by atoms with Crippen LogP contribution in [0.3, 0.4) is 0 Å². The Labute approximate surface area is 122 Å². The minimum atomic E-state index is 0.415. The van der Waals surface area contributed by atoms with Crippen LogP contribution in [0.25, 0.3) is 11.3 Å². The maximum atomic E-state index is 4.62. The second-order valence-electron chi connectivity index (χ2n) is 5.62. The molecule has 20 heavy (non-hydrogen) atoms. The van der Waals surface area contributed by atoms with Gasteiger partial charge in [0.05, 0.1) is 11.9 Å². The zero-order chi connectivity index (χ0) is 14.5. The van der Waals surface area contributed by atoms with Gasteiger partial charge in [-0.3, -0.25) is 4.68 Å². The van der Waals surface area contributed by atoms with Gasteiger partial charge in [-0.05, 0) is 13.3 Å². The molecule has 1 N–H and O–H groups in total. The highest BCUT2D eigenvalue weighted by atomic mass is 15.3. The fraction of sp³-hybridized carbons (Fsp3) is 0.471. The zero-order valence-electron chi connectivity index (χ0n) is 12.9. The van der Waals surface area contributed by atoms with Crippen molar-refractivity contribution in [3.63, 3.8) is 0 Å².